The van der Waals surface area contributed by atoms with Crippen molar-refractivity contribution >= 4 is 78.5 Å². The lowest BCUT2D eigenvalue weighted by molar-refractivity contribution is -0.129. The smallest absolute Gasteiger partial charge is 0.363 e. The Kier molecular flexibility index (Phi) is 4.41. The van der Waals surface area contributed by atoms with E-state index >= 15 is 0 Å². The van der Waals surface area contributed by atoms with Crippen molar-refractivity contribution in [2.75, 3.05) is 0 Å². The van der Waals surface area contributed by atoms with Crippen LogP contribution >= 0.6 is 50.5 Å². The highest BCUT2D eigenvalue weighted by molar-refractivity contribution is 9.10. The molecule has 0 aliphatic carbocycles. The first-order chi connectivity index (χ1) is 12.0. The lowest BCUT2D eigenvalue weighted by Crippen LogP contribution is -2.04. The average molecular weight is 453 g/mol. The first kappa shape index (κ1) is 16.8. The zero-order chi connectivity index (χ0) is 17.6. The zero-order valence-corrected chi connectivity index (χ0v) is 16.3. The molecule has 0 bridgehead atoms. The van der Waals surface area contributed by atoms with Gasteiger partial charge in [0, 0.05) is 19.6 Å². The van der Waals surface area contributed by atoms with Crippen LogP contribution in [0.15, 0.2) is 57.6 Å². The third-order valence-electron chi connectivity index (χ3n) is 3.58. The highest BCUT2D eigenvalue weighted by Gasteiger charge is 2.28. The van der Waals surface area contributed by atoms with Gasteiger partial charge in [-0.05, 0) is 35.9 Å². The molecule has 3 nitrogen and oxygen atoms in total. The lowest BCUT2D eigenvalue weighted by atomic mass is 10.2. The van der Waals surface area contributed by atoms with Crippen LogP contribution in [0.25, 0.3) is 16.2 Å². The zero-order valence-electron chi connectivity index (χ0n) is 12.4. The minimum absolute atomic E-state index is 0.229. The summed E-state index contributed by atoms with van der Waals surface area (Å²) in [5, 5.41) is 2.06. The van der Waals surface area contributed by atoms with Crippen LogP contribution in [0.5, 0.6) is 0 Å². The van der Waals surface area contributed by atoms with Gasteiger partial charge < -0.3 is 4.74 Å². The number of fused-ring (bicyclic) bond motifs is 1. The van der Waals surface area contributed by atoms with Crippen molar-refractivity contribution in [2.24, 2.45) is 4.99 Å². The number of halogens is 3. The summed E-state index contributed by atoms with van der Waals surface area (Å²) in [6.07, 6.45) is 1.66. The second-order valence-corrected chi connectivity index (χ2v) is 8.06. The van der Waals surface area contributed by atoms with E-state index in [1.807, 2.05) is 18.2 Å². The monoisotopic (exact) mass is 451 g/mol. The predicted octanol–water partition coefficient (Wildman–Crippen LogP) is 6.32. The van der Waals surface area contributed by atoms with E-state index < -0.39 is 5.97 Å². The molecular weight excluding hydrogens is 445 g/mol. The van der Waals surface area contributed by atoms with Crippen molar-refractivity contribution in [3.8, 4) is 0 Å². The molecule has 1 aliphatic heterocycles. The van der Waals surface area contributed by atoms with E-state index in [1.54, 1.807) is 30.3 Å². The second-order valence-electron chi connectivity index (χ2n) is 5.27. The number of carbonyl (C=O) groups excluding carboxylic acids is 1. The van der Waals surface area contributed by atoms with E-state index in [4.69, 9.17) is 27.9 Å². The van der Waals surface area contributed by atoms with Gasteiger partial charge in [-0.2, -0.15) is 0 Å². The summed E-state index contributed by atoms with van der Waals surface area (Å²) in [5.41, 5.74) is 1.04. The fourth-order valence-electron chi connectivity index (χ4n) is 2.40. The fourth-order valence-corrected chi connectivity index (χ4v) is 4.52. The van der Waals surface area contributed by atoms with Gasteiger partial charge in [0.05, 0.1) is 5.02 Å². The van der Waals surface area contributed by atoms with E-state index in [0.717, 1.165) is 20.1 Å². The van der Waals surface area contributed by atoms with Crippen LogP contribution in [-0.2, 0) is 9.53 Å². The van der Waals surface area contributed by atoms with Gasteiger partial charge in [-0.15, -0.1) is 11.3 Å². The van der Waals surface area contributed by atoms with Crippen molar-refractivity contribution in [3.05, 3.63) is 73.1 Å². The summed E-state index contributed by atoms with van der Waals surface area (Å²) in [5.74, 6) is -0.271. The number of hydrogen-bond acceptors (Lipinski definition) is 4. The Labute approximate surface area is 165 Å². The second kappa shape index (κ2) is 6.57. The van der Waals surface area contributed by atoms with Crippen LogP contribution in [0.2, 0.25) is 10.0 Å². The van der Waals surface area contributed by atoms with E-state index in [9.17, 15) is 4.79 Å². The molecule has 1 aliphatic rings. The third kappa shape index (κ3) is 3.25. The Morgan fingerprint density at radius 2 is 1.88 bits per heavy atom. The minimum atomic E-state index is -0.500. The number of nitrogens with zero attached hydrogens (tertiary/aromatic N) is 1. The molecule has 25 heavy (non-hydrogen) atoms. The van der Waals surface area contributed by atoms with Crippen LogP contribution in [0.1, 0.15) is 10.4 Å². The molecule has 0 saturated carbocycles. The van der Waals surface area contributed by atoms with Gasteiger partial charge in [0.15, 0.2) is 5.70 Å². The number of hydrogen-bond donors (Lipinski definition) is 0. The summed E-state index contributed by atoms with van der Waals surface area (Å²) >= 11 is 17.2. The molecule has 0 atom stereocenters. The SMILES string of the molecule is O=C1OC(c2sc3cc(Br)ccc3c2Cl)=N/C1=C/c1ccc(Cl)cc1. The van der Waals surface area contributed by atoms with Crippen molar-refractivity contribution < 1.29 is 9.53 Å². The van der Waals surface area contributed by atoms with E-state index in [0.29, 0.717) is 14.9 Å². The van der Waals surface area contributed by atoms with Crippen molar-refractivity contribution in [2.45, 2.75) is 0 Å². The van der Waals surface area contributed by atoms with E-state index in [1.165, 1.54) is 11.3 Å². The lowest BCUT2D eigenvalue weighted by Gasteiger charge is -1.95. The van der Waals surface area contributed by atoms with Crippen LogP contribution in [0, 0.1) is 0 Å². The Morgan fingerprint density at radius 1 is 1.12 bits per heavy atom. The number of thiophene rings is 1. The van der Waals surface area contributed by atoms with Gasteiger partial charge in [0.2, 0.25) is 5.90 Å². The Balaban J connectivity index is 1.75. The molecule has 0 radical (unpaired) electrons. The summed E-state index contributed by atoms with van der Waals surface area (Å²) in [7, 11) is 0. The molecular formula is C18H8BrCl2NO2S. The maximum absolute atomic E-state index is 12.1. The van der Waals surface area contributed by atoms with Crippen molar-refractivity contribution in [3.63, 3.8) is 0 Å². The Morgan fingerprint density at radius 3 is 2.64 bits per heavy atom. The molecule has 0 amide bonds. The highest BCUT2D eigenvalue weighted by Crippen LogP contribution is 2.38. The number of rotatable bonds is 2. The maximum atomic E-state index is 12.1. The maximum Gasteiger partial charge on any atom is 0.363 e. The number of benzene rings is 2. The van der Waals surface area contributed by atoms with Gasteiger partial charge in [-0.25, -0.2) is 9.79 Å². The third-order valence-corrected chi connectivity index (χ3v) is 5.97. The molecule has 2 aromatic carbocycles. The summed E-state index contributed by atoms with van der Waals surface area (Å²) in [6, 6.07) is 12.9. The van der Waals surface area contributed by atoms with Crippen LogP contribution < -0.4 is 0 Å². The van der Waals surface area contributed by atoms with Crippen LogP contribution in [0.4, 0.5) is 0 Å². The number of ether oxygens (including phenoxy) is 1. The number of cyclic esters (lactones) is 1. The highest BCUT2D eigenvalue weighted by atomic mass is 79.9. The van der Waals surface area contributed by atoms with Gasteiger partial charge >= 0.3 is 5.97 Å². The molecule has 2 heterocycles. The molecule has 0 unspecified atom stereocenters. The first-order valence-corrected chi connectivity index (χ1v) is 9.54. The molecule has 0 fully saturated rings. The van der Waals surface area contributed by atoms with Gasteiger partial charge in [-0.3, -0.25) is 0 Å². The minimum Gasteiger partial charge on any atom is -0.401 e. The normalized spacial score (nSPS) is 15.7. The summed E-state index contributed by atoms with van der Waals surface area (Å²) in [4.78, 5) is 17.1. The predicted molar refractivity (Wildman–Crippen MR) is 107 cm³/mol. The summed E-state index contributed by atoms with van der Waals surface area (Å²) < 4.78 is 7.27. The molecule has 0 saturated heterocycles. The Hall–Kier alpha value is -1.66. The Bertz CT molecular complexity index is 1070. The standard InChI is InChI=1S/C18H8BrCl2NO2S/c19-10-3-6-12-14(8-10)25-16(15(12)21)17-22-13(18(23)24-17)7-9-1-4-11(20)5-2-9/h1-8H/b13-7+. The average Bonchev–Trinajstić information content (AvgIpc) is 3.10. The quantitative estimate of drug-likeness (QED) is 0.337. The van der Waals surface area contributed by atoms with Gasteiger partial charge in [0.1, 0.15) is 4.88 Å². The number of esters is 1. The molecule has 7 heteroatoms. The first-order valence-electron chi connectivity index (χ1n) is 7.17. The molecule has 4 rings (SSSR count). The fraction of sp³-hybridized carbons (Fsp3) is 0. The van der Waals surface area contributed by atoms with Crippen molar-refractivity contribution in [1.29, 1.82) is 0 Å². The van der Waals surface area contributed by atoms with Crippen molar-refractivity contribution in [1.82, 2.24) is 0 Å². The summed E-state index contributed by atoms with van der Waals surface area (Å²) in [6.45, 7) is 0. The van der Waals surface area contributed by atoms with E-state index in [-0.39, 0.29) is 11.6 Å². The molecule has 124 valence electrons. The molecule has 3 aromatic rings. The van der Waals surface area contributed by atoms with E-state index in [2.05, 4.69) is 20.9 Å². The van der Waals surface area contributed by atoms with Crippen LogP contribution in [-0.4, -0.2) is 11.9 Å². The van der Waals surface area contributed by atoms with Crippen LogP contribution in [0.3, 0.4) is 0 Å². The van der Waals surface area contributed by atoms with Gasteiger partial charge in [-0.1, -0.05) is 57.3 Å². The van der Waals surface area contributed by atoms with Gasteiger partial charge in [0.25, 0.3) is 0 Å². The number of aliphatic imine (C=N–C) groups is 1. The number of carbonyl (C=O) groups is 1. The molecule has 0 N–H and O–H groups in total. The molecule has 0 spiro atoms. The molecule has 1 aromatic heterocycles. The largest absolute Gasteiger partial charge is 0.401 e. The topological polar surface area (TPSA) is 38.7 Å².